The maximum absolute atomic E-state index is 12.5. The Bertz CT molecular complexity index is 1080. The van der Waals surface area contributed by atoms with Crippen LogP contribution in [0.4, 0.5) is 0 Å². The summed E-state index contributed by atoms with van der Waals surface area (Å²) in [7, 11) is 0. The molecule has 1 aliphatic carbocycles. The van der Waals surface area contributed by atoms with Crippen LogP contribution in [0.5, 0.6) is 0 Å². The van der Waals surface area contributed by atoms with Gasteiger partial charge in [-0.2, -0.15) is 0 Å². The van der Waals surface area contributed by atoms with Gasteiger partial charge in [0.15, 0.2) is 0 Å². The third kappa shape index (κ3) is 3.27. The van der Waals surface area contributed by atoms with Crippen molar-refractivity contribution in [3.05, 3.63) is 67.7 Å². The highest BCUT2D eigenvalue weighted by Gasteiger charge is 2.23. The van der Waals surface area contributed by atoms with Gasteiger partial charge in [-0.1, -0.05) is 6.07 Å². The number of thiophene rings is 1. The lowest BCUT2D eigenvalue weighted by Gasteiger charge is -2.34. The predicted octanol–water partition coefficient (Wildman–Crippen LogP) is 3.30. The van der Waals surface area contributed by atoms with Crippen molar-refractivity contribution < 1.29 is 9.21 Å². The van der Waals surface area contributed by atoms with Crippen LogP contribution in [0.2, 0.25) is 0 Å². The molecule has 0 atom stereocenters. The number of benzene rings is 1. The van der Waals surface area contributed by atoms with Crippen molar-refractivity contribution >= 4 is 28.2 Å². The number of nitrogens with zero attached hydrogens (tertiary/aromatic N) is 2. The van der Waals surface area contributed by atoms with E-state index in [1.165, 1.54) is 28.9 Å². The lowest BCUT2D eigenvalue weighted by atomic mass is 10.0. The normalized spacial score (nSPS) is 17.2. The second-order valence-electron chi connectivity index (χ2n) is 7.61. The van der Waals surface area contributed by atoms with Crippen LogP contribution in [0.3, 0.4) is 0 Å². The zero-order valence-electron chi connectivity index (χ0n) is 15.6. The van der Waals surface area contributed by atoms with Crippen LogP contribution in [-0.2, 0) is 19.4 Å². The van der Waals surface area contributed by atoms with E-state index >= 15 is 0 Å². The fourth-order valence-electron chi connectivity index (χ4n) is 4.33. The van der Waals surface area contributed by atoms with Crippen LogP contribution in [0, 0.1) is 0 Å². The van der Waals surface area contributed by atoms with Crippen molar-refractivity contribution in [2.24, 2.45) is 0 Å². The second kappa shape index (κ2) is 7.18. The zero-order chi connectivity index (χ0) is 19.1. The standard InChI is InChI=1S/C22H22N2O3S/c25-21-13-17(18-11-15-3-1-4-16(15)12-19(18)27-21)14-23-6-8-24(9-7-23)22(26)20-5-2-10-28-20/h2,5,10-13H,1,3-4,6-9,14H2. The van der Waals surface area contributed by atoms with Gasteiger partial charge in [0.05, 0.1) is 4.88 Å². The number of aryl methyl sites for hydroxylation is 2. The molecule has 3 heterocycles. The number of amides is 1. The summed E-state index contributed by atoms with van der Waals surface area (Å²) >= 11 is 1.49. The fourth-order valence-corrected chi connectivity index (χ4v) is 5.02. The van der Waals surface area contributed by atoms with E-state index in [-0.39, 0.29) is 11.5 Å². The Morgan fingerprint density at radius 1 is 1.07 bits per heavy atom. The van der Waals surface area contributed by atoms with E-state index in [2.05, 4.69) is 17.0 Å². The molecule has 3 aromatic rings. The maximum atomic E-state index is 12.5. The minimum Gasteiger partial charge on any atom is -0.423 e. The Balaban J connectivity index is 1.34. The average molecular weight is 394 g/mol. The van der Waals surface area contributed by atoms with Crippen molar-refractivity contribution in [2.45, 2.75) is 25.8 Å². The third-order valence-electron chi connectivity index (χ3n) is 5.83. The highest BCUT2D eigenvalue weighted by Crippen LogP contribution is 2.29. The van der Waals surface area contributed by atoms with Gasteiger partial charge in [0.1, 0.15) is 5.58 Å². The molecule has 2 aromatic heterocycles. The van der Waals surface area contributed by atoms with Gasteiger partial charge < -0.3 is 9.32 Å². The Labute approximate surface area is 167 Å². The van der Waals surface area contributed by atoms with E-state index in [4.69, 9.17) is 4.42 Å². The first-order chi connectivity index (χ1) is 13.7. The molecule has 0 radical (unpaired) electrons. The van der Waals surface area contributed by atoms with E-state index in [0.717, 1.165) is 41.8 Å². The number of carbonyl (C=O) groups excluding carboxylic acids is 1. The van der Waals surface area contributed by atoms with E-state index in [0.29, 0.717) is 25.2 Å². The molecular formula is C22H22N2O3S. The Morgan fingerprint density at radius 3 is 2.61 bits per heavy atom. The topological polar surface area (TPSA) is 53.8 Å². The number of hydrogen-bond donors (Lipinski definition) is 0. The highest BCUT2D eigenvalue weighted by molar-refractivity contribution is 7.12. The summed E-state index contributed by atoms with van der Waals surface area (Å²) in [5.74, 6) is 0.121. The molecule has 0 N–H and O–H groups in total. The summed E-state index contributed by atoms with van der Waals surface area (Å²) in [6, 6.07) is 9.70. The lowest BCUT2D eigenvalue weighted by molar-refractivity contribution is 0.0633. The van der Waals surface area contributed by atoms with Gasteiger partial charge in [0, 0.05) is 44.2 Å². The minimum absolute atomic E-state index is 0.121. The summed E-state index contributed by atoms with van der Waals surface area (Å²) < 4.78 is 5.48. The molecule has 1 aromatic carbocycles. The molecule has 28 heavy (non-hydrogen) atoms. The number of hydrogen-bond acceptors (Lipinski definition) is 5. The highest BCUT2D eigenvalue weighted by atomic mass is 32.1. The van der Waals surface area contributed by atoms with Gasteiger partial charge in [0.2, 0.25) is 0 Å². The summed E-state index contributed by atoms with van der Waals surface area (Å²) in [5.41, 5.74) is 4.14. The minimum atomic E-state index is -0.285. The summed E-state index contributed by atoms with van der Waals surface area (Å²) in [4.78, 5) is 29.6. The van der Waals surface area contributed by atoms with Crippen molar-refractivity contribution in [3.8, 4) is 0 Å². The molecule has 5 nitrogen and oxygen atoms in total. The monoisotopic (exact) mass is 394 g/mol. The van der Waals surface area contributed by atoms with Crippen molar-refractivity contribution in [1.82, 2.24) is 9.80 Å². The van der Waals surface area contributed by atoms with Crippen LogP contribution in [0.25, 0.3) is 11.0 Å². The molecule has 6 heteroatoms. The lowest BCUT2D eigenvalue weighted by Crippen LogP contribution is -2.48. The molecule has 0 bridgehead atoms. The Kier molecular flexibility index (Phi) is 4.53. The number of fused-ring (bicyclic) bond motifs is 2. The van der Waals surface area contributed by atoms with Crippen molar-refractivity contribution in [3.63, 3.8) is 0 Å². The molecule has 2 aliphatic rings. The smallest absolute Gasteiger partial charge is 0.336 e. The van der Waals surface area contributed by atoms with E-state index in [9.17, 15) is 9.59 Å². The zero-order valence-corrected chi connectivity index (χ0v) is 16.5. The van der Waals surface area contributed by atoms with Crippen LogP contribution in [0.15, 0.2) is 44.9 Å². The summed E-state index contributed by atoms with van der Waals surface area (Å²) in [6.45, 7) is 3.76. The average Bonchev–Trinajstić information content (AvgIpc) is 3.38. The summed E-state index contributed by atoms with van der Waals surface area (Å²) in [6.07, 6.45) is 3.35. The SMILES string of the molecule is O=C(c1cccs1)N1CCN(Cc2cc(=O)oc3cc4c(cc23)CCC4)CC1. The van der Waals surface area contributed by atoms with Gasteiger partial charge in [0.25, 0.3) is 5.91 Å². The molecular weight excluding hydrogens is 372 g/mol. The van der Waals surface area contributed by atoms with E-state index < -0.39 is 0 Å². The van der Waals surface area contributed by atoms with Gasteiger partial charge in [-0.3, -0.25) is 9.69 Å². The van der Waals surface area contributed by atoms with E-state index in [1.807, 2.05) is 22.4 Å². The van der Waals surface area contributed by atoms with Crippen molar-refractivity contribution in [2.75, 3.05) is 26.2 Å². The maximum Gasteiger partial charge on any atom is 0.336 e. The van der Waals surface area contributed by atoms with Gasteiger partial charge in [-0.15, -0.1) is 11.3 Å². The van der Waals surface area contributed by atoms with Gasteiger partial charge in [-0.25, -0.2) is 4.79 Å². The van der Waals surface area contributed by atoms with Crippen LogP contribution >= 0.6 is 11.3 Å². The first kappa shape index (κ1) is 17.6. The molecule has 144 valence electrons. The number of carbonyl (C=O) groups is 1. The van der Waals surface area contributed by atoms with Gasteiger partial charge in [-0.05, 0) is 59.5 Å². The molecule has 1 aliphatic heterocycles. The third-order valence-corrected chi connectivity index (χ3v) is 6.69. The summed E-state index contributed by atoms with van der Waals surface area (Å²) in [5, 5.41) is 2.99. The molecule has 0 unspecified atom stereocenters. The molecule has 1 amide bonds. The molecule has 0 spiro atoms. The van der Waals surface area contributed by atoms with Gasteiger partial charge >= 0.3 is 5.63 Å². The number of piperazine rings is 1. The van der Waals surface area contributed by atoms with Crippen LogP contribution < -0.4 is 5.63 Å². The second-order valence-corrected chi connectivity index (χ2v) is 8.55. The molecule has 5 rings (SSSR count). The van der Waals surface area contributed by atoms with E-state index in [1.54, 1.807) is 6.07 Å². The quantitative estimate of drug-likeness (QED) is 0.640. The number of rotatable bonds is 3. The molecule has 1 saturated heterocycles. The van der Waals surface area contributed by atoms with Crippen molar-refractivity contribution in [1.29, 1.82) is 0 Å². The van der Waals surface area contributed by atoms with Crippen LogP contribution in [0.1, 0.15) is 32.8 Å². The molecule has 1 fully saturated rings. The Morgan fingerprint density at radius 2 is 1.86 bits per heavy atom. The predicted molar refractivity (Wildman–Crippen MR) is 110 cm³/mol. The largest absolute Gasteiger partial charge is 0.423 e. The van der Waals surface area contributed by atoms with Crippen LogP contribution in [-0.4, -0.2) is 41.9 Å². The fraction of sp³-hybridized carbons (Fsp3) is 0.364. The first-order valence-corrected chi connectivity index (χ1v) is 10.7. The molecule has 0 saturated carbocycles. The Hall–Kier alpha value is -2.44. The first-order valence-electron chi connectivity index (χ1n) is 9.81.